The first kappa shape index (κ1) is 34.9. The molecule has 3 rings (SSSR count). The molecule has 2 aromatic rings. The molecule has 1 fully saturated rings. The lowest BCUT2D eigenvalue weighted by Gasteiger charge is -2.34. The molecular weight excluding hydrogens is 570 g/mol. The summed E-state index contributed by atoms with van der Waals surface area (Å²) >= 11 is 1.60. The van der Waals surface area contributed by atoms with Crippen LogP contribution in [-0.4, -0.2) is 97.3 Å². The molecule has 3 N–H and O–H groups in total. The second-order valence-electron chi connectivity index (χ2n) is 12.1. The van der Waals surface area contributed by atoms with Crippen molar-refractivity contribution in [2.75, 3.05) is 52.7 Å². The van der Waals surface area contributed by atoms with Gasteiger partial charge in [-0.2, -0.15) is 0 Å². The topological polar surface area (TPSA) is 141 Å². The van der Waals surface area contributed by atoms with Gasteiger partial charge in [-0.05, 0) is 29.9 Å². The number of carbonyl (C=O) groups is 3. The Morgan fingerprint density at radius 1 is 1.07 bits per heavy atom. The van der Waals surface area contributed by atoms with Crippen LogP contribution in [0.25, 0.3) is 10.4 Å². The van der Waals surface area contributed by atoms with Crippen LogP contribution in [0.2, 0.25) is 0 Å². The van der Waals surface area contributed by atoms with Crippen molar-refractivity contribution < 1.29 is 33.7 Å². The predicted molar refractivity (Wildman–Crippen MR) is 166 cm³/mol. The number of Topliss-reactive ketones (excluding diaryl/α,β-unsaturated/α-hetero) is 2. The first-order valence-corrected chi connectivity index (χ1v) is 15.8. The highest BCUT2D eigenvalue weighted by molar-refractivity contribution is 7.13. The zero-order valence-electron chi connectivity index (χ0n) is 25.9. The number of amides is 1. The first-order chi connectivity index (χ1) is 20.5. The van der Waals surface area contributed by atoms with Crippen molar-refractivity contribution >= 4 is 28.8 Å². The number of aryl methyl sites for hydroxylation is 2. The van der Waals surface area contributed by atoms with Crippen molar-refractivity contribution in [3.05, 3.63) is 41.0 Å². The molecule has 3 atom stereocenters. The molecule has 1 amide bonds. The molecule has 238 valence electrons. The average Bonchev–Trinajstić information content (AvgIpc) is 3.58. The van der Waals surface area contributed by atoms with Crippen LogP contribution in [0.1, 0.15) is 51.3 Å². The summed E-state index contributed by atoms with van der Waals surface area (Å²) in [6.07, 6.45) is 0.224. The number of nitrogens with two attached hydrogens (primary N) is 1. The number of aliphatic hydroxyl groups is 1. The van der Waals surface area contributed by atoms with Gasteiger partial charge in [0.25, 0.3) is 0 Å². The van der Waals surface area contributed by atoms with E-state index in [0.29, 0.717) is 39.4 Å². The number of hydrogen-bond acceptors (Lipinski definition) is 10. The fourth-order valence-electron chi connectivity index (χ4n) is 5.16. The number of ether oxygens (including phenoxy) is 3. The number of nitrogens with zero attached hydrogens (tertiary/aromatic N) is 2. The molecule has 0 bridgehead atoms. The third-order valence-corrected chi connectivity index (χ3v) is 8.58. The van der Waals surface area contributed by atoms with Gasteiger partial charge in [0.1, 0.15) is 6.61 Å². The second kappa shape index (κ2) is 17.1. The molecule has 0 aliphatic carbocycles. The van der Waals surface area contributed by atoms with Crippen LogP contribution in [0, 0.1) is 18.3 Å². The van der Waals surface area contributed by atoms with Crippen molar-refractivity contribution in [1.82, 2.24) is 9.88 Å². The standard InChI is InChI=1S/C32H47N3O7S/c1-22-30(43-21-34-22)24-8-5-23(6-9-24)7-10-29(38)28-18-25(36)19-35(28)31(39)27(32(2,3)4)17-26(37)20-42-16-15-41-14-13-40-12-11-33/h5-6,8-9,21,25,27-28,36H,7,10-20,33H2,1-4H3/t25-,27-,28+/m1/s1. The molecule has 0 radical (unpaired) electrons. The molecular formula is C32H47N3O7S. The number of rotatable bonds is 18. The van der Waals surface area contributed by atoms with Crippen molar-refractivity contribution in [2.45, 2.75) is 65.5 Å². The Morgan fingerprint density at radius 3 is 2.33 bits per heavy atom. The van der Waals surface area contributed by atoms with Crippen LogP contribution in [-0.2, 0) is 35.0 Å². The molecule has 0 saturated carbocycles. The molecule has 0 spiro atoms. The molecule has 2 heterocycles. The Hall–Kier alpha value is -2.54. The van der Waals surface area contributed by atoms with E-state index in [1.807, 2.05) is 57.5 Å². The van der Waals surface area contributed by atoms with E-state index in [9.17, 15) is 19.5 Å². The minimum Gasteiger partial charge on any atom is -0.391 e. The fraction of sp³-hybridized carbons (Fsp3) is 0.625. The molecule has 1 aromatic heterocycles. The van der Waals surface area contributed by atoms with E-state index in [1.54, 1.807) is 11.3 Å². The summed E-state index contributed by atoms with van der Waals surface area (Å²) in [7, 11) is 0. The summed E-state index contributed by atoms with van der Waals surface area (Å²) in [6, 6.07) is 7.40. The van der Waals surface area contributed by atoms with Gasteiger partial charge >= 0.3 is 0 Å². The third kappa shape index (κ3) is 10.8. The number of aliphatic hydroxyl groups excluding tert-OH is 1. The number of β-amino-alcohol motifs (C(OH)–C–C–N with tert-alkyl or cyclic N) is 1. The van der Waals surface area contributed by atoms with Crippen LogP contribution in [0.15, 0.2) is 29.8 Å². The van der Waals surface area contributed by atoms with Crippen LogP contribution < -0.4 is 5.73 Å². The van der Waals surface area contributed by atoms with Crippen molar-refractivity contribution in [3.63, 3.8) is 0 Å². The molecule has 11 heteroatoms. The number of hydrogen-bond donors (Lipinski definition) is 2. The highest BCUT2D eigenvalue weighted by Crippen LogP contribution is 2.34. The van der Waals surface area contributed by atoms with E-state index < -0.39 is 23.5 Å². The summed E-state index contributed by atoms with van der Waals surface area (Å²) in [5, 5.41) is 10.4. The van der Waals surface area contributed by atoms with Gasteiger partial charge in [-0.15, -0.1) is 11.3 Å². The molecule has 1 saturated heterocycles. The van der Waals surface area contributed by atoms with Gasteiger partial charge in [-0.3, -0.25) is 14.4 Å². The summed E-state index contributed by atoms with van der Waals surface area (Å²) in [5.41, 5.74) is 9.77. The lowest BCUT2D eigenvalue weighted by Crippen LogP contribution is -2.47. The molecule has 0 unspecified atom stereocenters. The summed E-state index contributed by atoms with van der Waals surface area (Å²) in [6.45, 7) is 10.0. The monoisotopic (exact) mass is 617 g/mol. The Labute approximate surface area is 258 Å². The second-order valence-corrected chi connectivity index (χ2v) is 12.9. The van der Waals surface area contributed by atoms with Crippen LogP contribution in [0.4, 0.5) is 0 Å². The van der Waals surface area contributed by atoms with Crippen molar-refractivity contribution in [3.8, 4) is 10.4 Å². The SMILES string of the molecule is Cc1ncsc1-c1ccc(CCC(=O)[C@@H]2C[C@@H](O)CN2C(=O)[C@@H](CC(=O)COCCOCCOCCN)C(C)(C)C)cc1. The average molecular weight is 618 g/mol. The zero-order chi connectivity index (χ0) is 31.4. The van der Waals surface area contributed by atoms with Gasteiger partial charge in [-0.1, -0.05) is 45.0 Å². The Balaban J connectivity index is 1.52. The number of likely N-dealkylation sites (tertiary alicyclic amines) is 1. The minimum absolute atomic E-state index is 0.00475. The van der Waals surface area contributed by atoms with Gasteiger partial charge in [0, 0.05) is 38.3 Å². The Morgan fingerprint density at radius 2 is 1.72 bits per heavy atom. The fourth-order valence-corrected chi connectivity index (χ4v) is 5.97. The van der Waals surface area contributed by atoms with E-state index in [2.05, 4.69) is 4.98 Å². The van der Waals surface area contributed by atoms with Crippen LogP contribution in [0.3, 0.4) is 0 Å². The first-order valence-electron chi connectivity index (χ1n) is 15.0. The third-order valence-electron chi connectivity index (χ3n) is 7.60. The number of thiazole rings is 1. The Kier molecular flexibility index (Phi) is 13.9. The molecule has 1 aliphatic heterocycles. The molecule has 1 aromatic carbocycles. The van der Waals surface area contributed by atoms with Crippen molar-refractivity contribution in [2.24, 2.45) is 17.1 Å². The van der Waals surface area contributed by atoms with Crippen LogP contribution in [0.5, 0.6) is 0 Å². The lowest BCUT2D eigenvalue weighted by molar-refractivity contribution is -0.146. The maximum absolute atomic E-state index is 13.8. The van der Waals surface area contributed by atoms with E-state index in [0.717, 1.165) is 21.7 Å². The summed E-state index contributed by atoms with van der Waals surface area (Å²) in [5.74, 6) is -1.20. The summed E-state index contributed by atoms with van der Waals surface area (Å²) < 4.78 is 16.1. The van der Waals surface area contributed by atoms with E-state index >= 15 is 0 Å². The summed E-state index contributed by atoms with van der Waals surface area (Å²) in [4.78, 5) is 46.9. The van der Waals surface area contributed by atoms with E-state index in [1.165, 1.54) is 4.90 Å². The number of aromatic nitrogens is 1. The number of benzene rings is 1. The zero-order valence-corrected chi connectivity index (χ0v) is 26.7. The number of ketones is 2. The molecule has 43 heavy (non-hydrogen) atoms. The highest BCUT2D eigenvalue weighted by atomic mass is 32.1. The minimum atomic E-state index is -0.778. The predicted octanol–water partition coefficient (Wildman–Crippen LogP) is 3.21. The molecule has 10 nitrogen and oxygen atoms in total. The normalized spacial score (nSPS) is 17.8. The van der Waals surface area contributed by atoms with Gasteiger partial charge in [-0.25, -0.2) is 4.98 Å². The van der Waals surface area contributed by atoms with Gasteiger partial charge in [0.2, 0.25) is 5.91 Å². The highest BCUT2D eigenvalue weighted by Gasteiger charge is 2.44. The van der Waals surface area contributed by atoms with Gasteiger partial charge < -0.3 is 30.0 Å². The number of carbonyl (C=O) groups excluding carboxylic acids is 3. The smallest absolute Gasteiger partial charge is 0.227 e. The maximum atomic E-state index is 13.8. The molecule has 1 aliphatic rings. The largest absolute Gasteiger partial charge is 0.391 e. The van der Waals surface area contributed by atoms with Crippen LogP contribution >= 0.6 is 11.3 Å². The van der Waals surface area contributed by atoms with E-state index in [-0.39, 0.29) is 56.5 Å². The van der Waals surface area contributed by atoms with Gasteiger partial charge in [0.15, 0.2) is 11.6 Å². The van der Waals surface area contributed by atoms with E-state index in [4.69, 9.17) is 19.9 Å². The quantitative estimate of drug-likeness (QED) is 0.241. The van der Waals surface area contributed by atoms with Gasteiger partial charge in [0.05, 0.1) is 61.3 Å². The van der Waals surface area contributed by atoms with Crippen molar-refractivity contribution in [1.29, 1.82) is 0 Å². The Bertz CT molecular complexity index is 1180. The maximum Gasteiger partial charge on any atom is 0.227 e. The lowest BCUT2D eigenvalue weighted by atomic mass is 9.76.